The van der Waals surface area contributed by atoms with Crippen LogP contribution in [-0.4, -0.2) is 11.1 Å². The fraction of sp³-hybridized carbons (Fsp3) is 0.152. The van der Waals surface area contributed by atoms with Crippen molar-refractivity contribution in [3.05, 3.63) is 128 Å². The van der Waals surface area contributed by atoms with E-state index in [2.05, 4.69) is 26.0 Å². The van der Waals surface area contributed by atoms with E-state index in [1.54, 1.807) is 23.1 Å². The van der Waals surface area contributed by atoms with Crippen molar-refractivity contribution in [3.8, 4) is 5.75 Å². The van der Waals surface area contributed by atoms with Gasteiger partial charge < -0.3 is 4.74 Å². The van der Waals surface area contributed by atoms with Crippen LogP contribution in [0, 0.1) is 0 Å². The number of rotatable bonds is 8. The van der Waals surface area contributed by atoms with Crippen LogP contribution in [0.15, 0.2) is 101 Å². The first-order valence-electron chi connectivity index (χ1n) is 13.1. The van der Waals surface area contributed by atoms with E-state index in [4.69, 9.17) is 32.9 Å². The smallest absolute Gasteiger partial charge is 0.271 e. The Morgan fingerprint density at radius 2 is 1.43 bits per heavy atom. The second-order valence-electron chi connectivity index (χ2n) is 9.27. The van der Waals surface area contributed by atoms with Crippen LogP contribution in [-0.2, 0) is 24.2 Å². The molecule has 202 valence electrons. The zero-order valence-corrected chi connectivity index (χ0v) is 24.6. The van der Waals surface area contributed by atoms with Crippen LogP contribution in [0.25, 0.3) is 6.08 Å². The molecule has 0 unspecified atom stereocenters. The van der Waals surface area contributed by atoms with Gasteiger partial charge in [-0.3, -0.25) is 9.69 Å². The first-order valence-corrected chi connectivity index (χ1v) is 14.7. The molecule has 40 heavy (non-hydrogen) atoms. The number of thioether (sulfide) groups is 1. The molecule has 4 nitrogen and oxygen atoms in total. The van der Waals surface area contributed by atoms with Crippen LogP contribution in [0.4, 0.5) is 11.4 Å². The van der Waals surface area contributed by atoms with E-state index >= 15 is 0 Å². The number of ether oxygens (including phenoxy) is 1. The minimum Gasteiger partial charge on any atom is -0.486 e. The molecule has 5 rings (SSSR count). The van der Waals surface area contributed by atoms with Crippen LogP contribution in [0.5, 0.6) is 5.75 Å². The molecule has 0 N–H and O–H groups in total. The van der Waals surface area contributed by atoms with E-state index in [9.17, 15) is 4.79 Å². The molecule has 7 heteroatoms. The quantitative estimate of drug-likeness (QED) is 0.193. The minimum absolute atomic E-state index is 0.158. The lowest BCUT2D eigenvalue weighted by atomic mass is 10.1. The third-order valence-electron chi connectivity index (χ3n) is 6.52. The van der Waals surface area contributed by atoms with Crippen molar-refractivity contribution in [2.45, 2.75) is 33.3 Å². The Morgan fingerprint density at radius 3 is 2.02 bits per heavy atom. The molecule has 1 amide bonds. The van der Waals surface area contributed by atoms with E-state index in [1.165, 1.54) is 22.9 Å². The average Bonchev–Trinajstić information content (AvgIpc) is 3.27. The molecular formula is C33H28Cl2N2O2S. The van der Waals surface area contributed by atoms with Gasteiger partial charge in [0.1, 0.15) is 6.61 Å². The highest BCUT2D eigenvalue weighted by Gasteiger charge is 2.35. The fourth-order valence-electron chi connectivity index (χ4n) is 4.26. The molecule has 0 aromatic heterocycles. The molecule has 1 aliphatic heterocycles. The number of halogens is 2. The number of carbonyl (C=O) groups is 1. The highest BCUT2D eigenvalue weighted by atomic mass is 35.5. The zero-order valence-electron chi connectivity index (χ0n) is 22.2. The molecule has 4 aromatic carbocycles. The molecule has 0 aliphatic carbocycles. The van der Waals surface area contributed by atoms with Crippen LogP contribution >= 0.6 is 35.0 Å². The predicted molar refractivity (Wildman–Crippen MR) is 169 cm³/mol. The van der Waals surface area contributed by atoms with Gasteiger partial charge in [0.15, 0.2) is 10.9 Å². The summed E-state index contributed by atoms with van der Waals surface area (Å²) in [4.78, 5) is 20.8. The number of aliphatic imine (C=N–C) groups is 1. The van der Waals surface area contributed by atoms with Gasteiger partial charge in [0.05, 0.1) is 26.3 Å². The summed E-state index contributed by atoms with van der Waals surface area (Å²) in [6.45, 7) is 4.57. The molecule has 0 spiro atoms. The summed E-state index contributed by atoms with van der Waals surface area (Å²) in [6, 6.07) is 29.4. The van der Waals surface area contributed by atoms with Gasteiger partial charge in [-0.05, 0) is 89.3 Å². The number of benzene rings is 4. The number of amidine groups is 1. The van der Waals surface area contributed by atoms with Crippen LogP contribution in [0.2, 0.25) is 10.0 Å². The van der Waals surface area contributed by atoms with E-state index in [1.807, 2.05) is 66.7 Å². The number of hydrogen-bond acceptors (Lipinski definition) is 4. The van der Waals surface area contributed by atoms with Gasteiger partial charge in [0, 0.05) is 0 Å². The van der Waals surface area contributed by atoms with Crippen LogP contribution in [0.3, 0.4) is 0 Å². The number of carbonyl (C=O) groups excluding carboxylic acids is 1. The van der Waals surface area contributed by atoms with E-state index in [-0.39, 0.29) is 5.91 Å². The fourth-order valence-corrected chi connectivity index (χ4v) is 5.87. The van der Waals surface area contributed by atoms with E-state index < -0.39 is 0 Å². The summed E-state index contributed by atoms with van der Waals surface area (Å²) in [5.74, 6) is 0.255. The number of nitrogens with zero attached hydrogens (tertiary/aromatic N) is 2. The van der Waals surface area contributed by atoms with Crippen LogP contribution in [0.1, 0.15) is 36.1 Å². The Bertz CT molecular complexity index is 1540. The van der Waals surface area contributed by atoms with Crippen molar-refractivity contribution >= 4 is 63.5 Å². The molecule has 1 aliphatic rings. The Hall–Kier alpha value is -3.51. The van der Waals surface area contributed by atoms with Gasteiger partial charge in [-0.1, -0.05) is 91.6 Å². The van der Waals surface area contributed by atoms with E-state index in [0.717, 1.165) is 29.8 Å². The highest BCUT2D eigenvalue weighted by molar-refractivity contribution is 8.19. The first-order chi connectivity index (χ1) is 19.4. The van der Waals surface area contributed by atoms with Gasteiger partial charge in [-0.2, -0.15) is 0 Å². The largest absolute Gasteiger partial charge is 0.486 e. The minimum atomic E-state index is -0.158. The number of aryl methyl sites for hydroxylation is 2. The van der Waals surface area contributed by atoms with Gasteiger partial charge in [-0.15, -0.1) is 0 Å². The number of amides is 1. The summed E-state index contributed by atoms with van der Waals surface area (Å²) in [7, 11) is 0. The Balaban J connectivity index is 1.46. The third kappa shape index (κ3) is 6.44. The number of anilines is 1. The van der Waals surface area contributed by atoms with Gasteiger partial charge in [0.25, 0.3) is 5.91 Å². The first kappa shape index (κ1) is 28.0. The molecule has 1 heterocycles. The lowest BCUT2D eigenvalue weighted by Gasteiger charge is -2.16. The summed E-state index contributed by atoms with van der Waals surface area (Å²) >= 11 is 14.5. The summed E-state index contributed by atoms with van der Waals surface area (Å²) in [6.07, 6.45) is 3.67. The Kier molecular flexibility index (Phi) is 8.95. The molecule has 0 saturated carbocycles. The normalized spacial score (nSPS) is 15.3. The van der Waals surface area contributed by atoms with Crippen molar-refractivity contribution in [2.75, 3.05) is 4.90 Å². The molecular weight excluding hydrogens is 559 g/mol. The summed E-state index contributed by atoms with van der Waals surface area (Å²) in [5.41, 5.74) is 5.70. The van der Waals surface area contributed by atoms with Gasteiger partial charge in [0.2, 0.25) is 0 Å². The summed E-state index contributed by atoms with van der Waals surface area (Å²) < 4.78 is 5.91. The zero-order chi connectivity index (χ0) is 28.1. The van der Waals surface area contributed by atoms with Gasteiger partial charge >= 0.3 is 0 Å². The predicted octanol–water partition coefficient (Wildman–Crippen LogP) is 9.51. The highest BCUT2D eigenvalue weighted by Crippen LogP contribution is 2.40. The molecule has 4 aromatic rings. The van der Waals surface area contributed by atoms with E-state index in [0.29, 0.717) is 38.0 Å². The SMILES string of the molecule is CCc1ccc(N=C2S/C(=C\c3cc(Cl)c(OCc4ccccc4)c(Cl)c3)C(=O)N2c2ccc(CC)cc2)cc1. The van der Waals surface area contributed by atoms with Crippen molar-refractivity contribution < 1.29 is 9.53 Å². The van der Waals surface area contributed by atoms with Gasteiger partial charge in [-0.25, -0.2) is 4.99 Å². The second kappa shape index (κ2) is 12.8. The lowest BCUT2D eigenvalue weighted by molar-refractivity contribution is -0.113. The molecule has 0 bridgehead atoms. The third-order valence-corrected chi connectivity index (χ3v) is 8.05. The van der Waals surface area contributed by atoms with Crippen molar-refractivity contribution in [1.29, 1.82) is 0 Å². The monoisotopic (exact) mass is 586 g/mol. The van der Waals surface area contributed by atoms with Crippen molar-refractivity contribution in [2.24, 2.45) is 4.99 Å². The molecule has 1 fully saturated rings. The maximum atomic E-state index is 13.7. The Morgan fingerprint density at radius 1 is 0.825 bits per heavy atom. The Labute approximate surface area is 249 Å². The summed E-state index contributed by atoms with van der Waals surface area (Å²) in [5, 5.41) is 1.34. The number of hydrogen-bond donors (Lipinski definition) is 0. The van der Waals surface area contributed by atoms with Crippen molar-refractivity contribution in [3.63, 3.8) is 0 Å². The average molecular weight is 588 g/mol. The standard InChI is InChI=1S/C33H28Cl2N2O2S/c1-3-22-10-14-26(15-11-22)36-33-37(27-16-12-23(4-2)13-17-27)32(38)30(40-33)20-25-18-28(34)31(29(35)19-25)39-21-24-8-6-5-7-9-24/h5-20H,3-4,21H2,1-2H3/b30-20-,36-33?. The second-order valence-corrected chi connectivity index (χ2v) is 11.1. The lowest BCUT2D eigenvalue weighted by Crippen LogP contribution is -2.28. The maximum Gasteiger partial charge on any atom is 0.271 e. The molecule has 1 saturated heterocycles. The maximum absolute atomic E-state index is 13.7. The molecule has 0 radical (unpaired) electrons. The van der Waals surface area contributed by atoms with Crippen molar-refractivity contribution in [1.82, 2.24) is 0 Å². The topological polar surface area (TPSA) is 41.9 Å². The van der Waals surface area contributed by atoms with Crippen LogP contribution < -0.4 is 9.64 Å². The molecule has 0 atom stereocenters.